The second-order valence-corrected chi connectivity index (χ2v) is 4.31. The number of aliphatic hydroxyl groups is 1. The molecule has 0 radical (unpaired) electrons. The van der Waals surface area contributed by atoms with Crippen molar-refractivity contribution in [1.82, 2.24) is 0 Å². The highest BCUT2D eigenvalue weighted by molar-refractivity contribution is 5.66. The van der Waals surface area contributed by atoms with E-state index in [2.05, 4.69) is 0 Å². The Morgan fingerprint density at radius 1 is 0.905 bits per heavy atom. The highest BCUT2D eigenvalue weighted by Crippen LogP contribution is 2.17. The summed E-state index contributed by atoms with van der Waals surface area (Å²) in [6.07, 6.45) is -3.07. The van der Waals surface area contributed by atoms with Crippen molar-refractivity contribution in [3.63, 3.8) is 0 Å². The summed E-state index contributed by atoms with van der Waals surface area (Å²) < 4.78 is 25.7. The molecule has 0 fully saturated rings. The molecule has 0 aliphatic rings. The van der Waals surface area contributed by atoms with Crippen LogP contribution in [0.3, 0.4) is 0 Å². The summed E-state index contributed by atoms with van der Waals surface area (Å²) >= 11 is 0. The minimum atomic E-state index is -0.924. The minimum Gasteiger partial charge on any atom is -0.463 e. The summed E-state index contributed by atoms with van der Waals surface area (Å²) in [5.41, 5.74) is 0. The van der Waals surface area contributed by atoms with Crippen LogP contribution in [0.5, 0.6) is 0 Å². The number of carbonyl (C=O) groups excluding carboxylic acids is 2. The molecule has 0 heterocycles. The molecular weight excluding hydrogens is 284 g/mol. The van der Waals surface area contributed by atoms with Crippen LogP contribution >= 0.6 is 0 Å². The SMILES string of the molecule is COC(COC(C)=O)C(OC)C(OC)C(CO)OC(C)=O. The maximum absolute atomic E-state index is 11.1. The molecule has 0 spiro atoms. The van der Waals surface area contributed by atoms with Gasteiger partial charge in [0.15, 0.2) is 6.10 Å². The molecule has 0 aliphatic heterocycles. The van der Waals surface area contributed by atoms with Gasteiger partial charge in [0.1, 0.15) is 24.9 Å². The van der Waals surface area contributed by atoms with Gasteiger partial charge in [-0.15, -0.1) is 0 Å². The molecule has 0 aliphatic carbocycles. The second kappa shape index (κ2) is 10.5. The molecule has 1 N–H and O–H groups in total. The average Bonchev–Trinajstić information content (AvgIpc) is 2.44. The fraction of sp³-hybridized carbons (Fsp3) is 0.846. The van der Waals surface area contributed by atoms with Crippen molar-refractivity contribution in [3.8, 4) is 0 Å². The van der Waals surface area contributed by atoms with Gasteiger partial charge in [0.2, 0.25) is 0 Å². The van der Waals surface area contributed by atoms with E-state index >= 15 is 0 Å². The molecule has 0 amide bonds. The number of rotatable bonds is 10. The van der Waals surface area contributed by atoms with Gasteiger partial charge in [-0.05, 0) is 0 Å². The second-order valence-electron chi connectivity index (χ2n) is 4.31. The fourth-order valence-electron chi connectivity index (χ4n) is 1.91. The predicted octanol–water partition coefficient (Wildman–Crippen LogP) is -0.481. The zero-order valence-corrected chi connectivity index (χ0v) is 13.0. The first kappa shape index (κ1) is 19.8. The van der Waals surface area contributed by atoms with Crippen molar-refractivity contribution in [2.24, 2.45) is 0 Å². The Morgan fingerprint density at radius 3 is 1.76 bits per heavy atom. The third kappa shape index (κ3) is 6.85. The Bertz CT molecular complexity index is 319. The summed E-state index contributed by atoms with van der Waals surface area (Å²) in [4.78, 5) is 22.0. The Kier molecular flexibility index (Phi) is 9.89. The number of carbonyl (C=O) groups is 2. The van der Waals surface area contributed by atoms with Gasteiger partial charge in [-0.25, -0.2) is 0 Å². The number of aliphatic hydroxyl groups excluding tert-OH is 1. The van der Waals surface area contributed by atoms with Crippen molar-refractivity contribution in [2.45, 2.75) is 38.3 Å². The molecule has 0 saturated heterocycles. The first-order valence-electron chi connectivity index (χ1n) is 6.41. The average molecular weight is 308 g/mol. The van der Waals surface area contributed by atoms with Gasteiger partial charge in [-0.2, -0.15) is 0 Å². The van der Waals surface area contributed by atoms with Gasteiger partial charge in [0.25, 0.3) is 0 Å². The van der Waals surface area contributed by atoms with Gasteiger partial charge in [0.05, 0.1) is 6.61 Å². The Morgan fingerprint density at radius 2 is 1.43 bits per heavy atom. The zero-order chi connectivity index (χ0) is 16.4. The zero-order valence-electron chi connectivity index (χ0n) is 13.0. The Balaban J connectivity index is 5.02. The van der Waals surface area contributed by atoms with Crippen molar-refractivity contribution < 1.29 is 38.4 Å². The lowest BCUT2D eigenvalue weighted by Gasteiger charge is -2.34. The van der Waals surface area contributed by atoms with Crippen LogP contribution in [-0.2, 0) is 33.3 Å². The molecule has 0 aromatic rings. The largest absolute Gasteiger partial charge is 0.463 e. The van der Waals surface area contributed by atoms with E-state index in [4.69, 9.17) is 23.7 Å². The third-order valence-corrected chi connectivity index (χ3v) is 2.85. The Labute approximate surface area is 124 Å². The van der Waals surface area contributed by atoms with Crippen molar-refractivity contribution in [1.29, 1.82) is 0 Å². The number of hydrogen-bond donors (Lipinski definition) is 1. The summed E-state index contributed by atoms with van der Waals surface area (Å²) in [6, 6.07) is 0. The molecule has 0 saturated carbocycles. The lowest BCUT2D eigenvalue weighted by atomic mass is 10.0. The van der Waals surface area contributed by atoms with E-state index in [1.54, 1.807) is 0 Å². The molecule has 0 rings (SSSR count). The van der Waals surface area contributed by atoms with Crippen LogP contribution in [0.4, 0.5) is 0 Å². The van der Waals surface area contributed by atoms with Crippen LogP contribution < -0.4 is 0 Å². The van der Waals surface area contributed by atoms with Crippen molar-refractivity contribution in [3.05, 3.63) is 0 Å². The summed E-state index contributed by atoms with van der Waals surface area (Å²) in [5.74, 6) is -1.01. The smallest absolute Gasteiger partial charge is 0.303 e. The van der Waals surface area contributed by atoms with Gasteiger partial charge < -0.3 is 28.8 Å². The summed E-state index contributed by atoms with van der Waals surface area (Å²) in [5, 5.41) is 9.35. The van der Waals surface area contributed by atoms with Crippen LogP contribution in [0.15, 0.2) is 0 Å². The third-order valence-electron chi connectivity index (χ3n) is 2.85. The van der Waals surface area contributed by atoms with Gasteiger partial charge in [0, 0.05) is 35.2 Å². The minimum absolute atomic E-state index is 0.0532. The van der Waals surface area contributed by atoms with E-state index in [-0.39, 0.29) is 6.61 Å². The predicted molar refractivity (Wildman–Crippen MR) is 71.7 cm³/mol. The quantitative estimate of drug-likeness (QED) is 0.540. The molecule has 4 unspecified atom stereocenters. The van der Waals surface area contributed by atoms with E-state index in [1.807, 2.05) is 0 Å². The van der Waals surface area contributed by atoms with Crippen LogP contribution in [0.2, 0.25) is 0 Å². The Hall–Kier alpha value is -1.22. The topological polar surface area (TPSA) is 101 Å². The highest BCUT2D eigenvalue weighted by Gasteiger charge is 2.37. The lowest BCUT2D eigenvalue weighted by Crippen LogP contribution is -2.51. The van der Waals surface area contributed by atoms with Gasteiger partial charge >= 0.3 is 11.9 Å². The number of esters is 2. The van der Waals surface area contributed by atoms with Crippen LogP contribution in [0, 0.1) is 0 Å². The maximum Gasteiger partial charge on any atom is 0.303 e. The van der Waals surface area contributed by atoms with E-state index in [1.165, 1.54) is 35.2 Å². The van der Waals surface area contributed by atoms with Gasteiger partial charge in [-0.1, -0.05) is 0 Å². The molecule has 4 atom stereocenters. The number of ether oxygens (including phenoxy) is 5. The molecule has 8 heteroatoms. The molecule has 0 bridgehead atoms. The first-order chi connectivity index (χ1) is 9.90. The van der Waals surface area contributed by atoms with Gasteiger partial charge in [-0.3, -0.25) is 9.59 Å². The molecular formula is C13H24O8. The van der Waals surface area contributed by atoms with Crippen LogP contribution in [-0.4, -0.2) is 76.0 Å². The summed E-state index contributed by atoms with van der Waals surface area (Å²) in [6.45, 7) is 2.01. The van der Waals surface area contributed by atoms with E-state index < -0.39 is 43.0 Å². The molecule has 0 aromatic heterocycles. The normalized spacial score (nSPS) is 16.7. The van der Waals surface area contributed by atoms with Crippen molar-refractivity contribution >= 4 is 11.9 Å². The fourth-order valence-corrected chi connectivity index (χ4v) is 1.91. The molecule has 0 aromatic carbocycles. The number of hydrogen-bond acceptors (Lipinski definition) is 8. The first-order valence-corrected chi connectivity index (χ1v) is 6.41. The van der Waals surface area contributed by atoms with E-state index in [0.717, 1.165) is 0 Å². The van der Waals surface area contributed by atoms with E-state index in [9.17, 15) is 14.7 Å². The lowest BCUT2D eigenvalue weighted by molar-refractivity contribution is -0.183. The monoisotopic (exact) mass is 308 g/mol. The van der Waals surface area contributed by atoms with E-state index in [0.29, 0.717) is 0 Å². The maximum atomic E-state index is 11.1. The highest BCUT2D eigenvalue weighted by atomic mass is 16.6. The van der Waals surface area contributed by atoms with Crippen molar-refractivity contribution in [2.75, 3.05) is 34.5 Å². The van der Waals surface area contributed by atoms with Crippen LogP contribution in [0.25, 0.3) is 0 Å². The molecule has 124 valence electrons. The number of methoxy groups -OCH3 is 3. The standard InChI is InChI=1S/C13H24O8/c1-8(15)20-7-11(17-3)13(19-5)12(18-4)10(6-14)21-9(2)16/h10-14H,6-7H2,1-5H3. The molecule has 21 heavy (non-hydrogen) atoms. The van der Waals surface area contributed by atoms with Crippen LogP contribution in [0.1, 0.15) is 13.8 Å². The molecule has 8 nitrogen and oxygen atoms in total. The summed E-state index contributed by atoms with van der Waals surface area (Å²) in [7, 11) is 4.23.